The molecule has 0 spiro atoms. The number of benzene rings is 2. The molecule has 0 radical (unpaired) electrons. The van der Waals surface area contributed by atoms with E-state index in [-0.39, 0.29) is 18.1 Å². The lowest BCUT2D eigenvalue weighted by atomic mass is 9.84. The number of carbonyl (C=O) groups excluding carboxylic acids is 1. The molecule has 2 aliphatic rings. The molecular weight excluding hydrogens is 386 g/mol. The number of ether oxygens (including phenoxy) is 1. The molecule has 166 valence electrons. The van der Waals surface area contributed by atoms with Gasteiger partial charge in [0.05, 0.1) is 6.04 Å². The Morgan fingerprint density at radius 2 is 2.06 bits per heavy atom. The number of hydrogen-bond acceptors (Lipinski definition) is 4. The van der Waals surface area contributed by atoms with Crippen LogP contribution in [-0.4, -0.2) is 36.0 Å². The zero-order valence-electron chi connectivity index (χ0n) is 18.8. The summed E-state index contributed by atoms with van der Waals surface area (Å²) >= 11 is 0. The lowest BCUT2D eigenvalue weighted by Crippen LogP contribution is -2.51. The molecule has 2 aromatic carbocycles. The van der Waals surface area contributed by atoms with Crippen molar-refractivity contribution in [2.75, 3.05) is 18.4 Å². The molecule has 0 aromatic heterocycles. The normalized spacial score (nSPS) is 23.8. The summed E-state index contributed by atoms with van der Waals surface area (Å²) in [5.41, 5.74) is 11.0. The van der Waals surface area contributed by atoms with Crippen molar-refractivity contribution in [3.8, 4) is 5.75 Å². The van der Waals surface area contributed by atoms with Crippen LogP contribution in [0.1, 0.15) is 62.3 Å². The van der Waals surface area contributed by atoms with Gasteiger partial charge in [-0.15, -0.1) is 0 Å². The summed E-state index contributed by atoms with van der Waals surface area (Å²) in [7, 11) is 0. The SMILES string of the molecule is CCCc1ccc(NC(C)=O)cc1O[C@H]1c2ccccc2CC[C@@H]1N1CCC[C@@H](N)C1. The summed E-state index contributed by atoms with van der Waals surface area (Å²) in [5.74, 6) is 0.804. The van der Waals surface area contributed by atoms with E-state index in [9.17, 15) is 4.79 Å². The second kappa shape index (κ2) is 9.84. The molecule has 0 bridgehead atoms. The first kappa shape index (κ1) is 21.8. The minimum absolute atomic E-state index is 0.0431. The Kier molecular flexibility index (Phi) is 6.93. The summed E-state index contributed by atoms with van der Waals surface area (Å²) in [6.45, 7) is 5.72. The van der Waals surface area contributed by atoms with Gasteiger partial charge >= 0.3 is 0 Å². The topological polar surface area (TPSA) is 67.6 Å². The molecule has 5 nitrogen and oxygen atoms in total. The second-order valence-corrected chi connectivity index (χ2v) is 8.99. The van der Waals surface area contributed by atoms with Crippen molar-refractivity contribution in [1.82, 2.24) is 4.90 Å². The quantitative estimate of drug-likeness (QED) is 0.723. The van der Waals surface area contributed by atoms with Crippen LogP contribution in [0.25, 0.3) is 0 Å². The Balaban J connectivity index is 1.69. The first-order valence-corrected chi connectivity index (χ1v) is 11.7. The molecule has 1 fully saturated rings. The van der Waals surface area contributed by atoms with Crippen molar-refractivity contribution in [1.29, 1.82) is 0 Å². The number of hydrogen-bond donors (Lipinski definition) is 2. The van der Waals surface area contributed by atoms with Gasteiger partial charge in [-0.2, -0.15) is 0 Å². The van der Waals surface area contributed by atoms with Crippen LogP contribution in [0.15, 0.2) is 42.5 Å². The first-order valence-electron chi connectivity index (χ1n) is 11.7. The molecule has 4 rings (SSSR count). The van der Waals surface area contributed by atoms with E-state index in [0.29, 0.717) is 6.04 Å². The number of piperidine rings is 1. The molecule has 0 saturated carbocycles. The predicted octanol–water partition coefficient (Wildman–Crippen LogP) is 4.46. The molecule has 3 N–H and O–H groups in total. The van der Waals surface area contributed by atoms with Crippen LogP contribution in [0.2, 0.25) is 0 Å². The predicted molar refractivity (Wildman–Crippen MR) is 125 cm³/mol. The van der Waals surface area contributed by atoms with Gasteiger partial charge in [0.1, 0.15) is 11.9 Å². The van der Waals surface area contributed by atoms with Crippen LogP contribution in [0.5, 0.6) is 5.75 Å². The average molecular weight is 422 g/mol. The highest BCUT2D eigenvalue weighted by Crippen LogP contribution is 2.39. The highest BCUT2D eigenvalue weighted by molar-refractivity contribution is 5.88. The smallest absolute Gasteiger partial charge is 0.221 e. The fourth-order valence-electron chi connectivity index (χ4n) is 5.12. The summed E-state index contributed by atoms with van der Waals surface area (Å²) in [6, 6.07) is 15.3. The van der Waals surface area contributed by atoms with Crippen LogP contribution in [-0.2, 0) is 17.6 Å². The lowest BCUT2D eigenvalue weighted by molar-refractivity contribution is -0.114. The van der Waals surface area contributed by atoms with Crippen molar-refractivity contribution in [3.05, 3.63) is 59.2 Å². The van der Waals surface area contributed by atoms with Gasteiger partial charge in [-0.3, -0.25) is 9.69 Å². The fourth-order valence-corrected chi connectivity index (χ4v) is 5.12. The number of rotatable bonds is 6. The van der Waals surface area contributed by atoms with Crippen molar-refractivity contribution in [2.45, 2.75) is 70.6 Å². The summed E-state index contributed by atoms with van der Waals surface area (Å²) in [5, 5.41) is 2.91. The number of amides is 1. The number of fused-ring (bicyclic) bond motifs is 1. The fraction of sp³-hybridized carbons (Fsp3) is 0.500. The van der Waals surface area contributed by atoms with Crippen LogP contribution in [0.3, 0.4) is 0 Å². The average Bonchev–Trinajstić information content (AvgIpc) is 2.75. The summed E-state index contributed by atoms with van der Waals surface area (Å²) in [4.78, 5) is 14.2. The van der Waals surface area contributed by atoms with Crippen molar-refractivity contribution in [3.63, 3.8) is 0 Å². The van der Waals surface area contributed by atoms with Gasteiger partial charge in [0.2, 0.25) is 5.91 Å². The first-order chi connectivity index (χ1) is 15.0. The van der Waals surface area contributed by atoms with Crippen LogP contribution >= 0.6 is 0 Å². The zero-order chi connectivity index (χ0) is 21.8. The maximum atomic E-state index is 11.6. The molecular formula is C26H35N3O2. The molecule has 1 saturated heterocycles. The van der Waals surface area contributed by atoms with Gasteiger partial charge in [-0.05, 0) is 61.4 Å². The molecule has 31 heavy (non-hydrogen) atoms. The van der Waals surface area contributed by atoms with E-state index in [1.807, 2.05) is 12.1 Å². The standard InChI is InChI=1S/C26H35N3O2/c1-3-7-20-11-13-22(28-18(2)30)16-25(20)31-26-23-10-5-4-8-19(23)12-14-24(26)29-15-6-9-21(27)17-29/h4-5,8,10-11,13,16,21,24,26H,3,6-7,9,12,14-15,17,27H2,1-2H3,(H,28,30)/t21-,24+,26+/m1/s1. The third-order valence-electron chi connectivity index (χ3n) is 6.54. The number of anilines is 1. The number of nitrogens with zero attached hydrogens (tertiary/aromatic N) is 1. The van der Waals surface area contributed by atoms with E-state index >= 15 is 0 Å². The van der Waals surface area contributed by atoms with Crippen LogP contribution < -0.4 is 15.8 Å². The number of likely N-dealkylation sites (tertiary alicyclic amines) is 1. The highest BCUT2D eigenvalue weighted by Gasteiger charge is 2.37. The van der Waals surface area contributed by atoms with Crippen LogP contribution in [0, 0.1) is 0 Å². The molecule has 1 amide bonds. The molecule has 2 aromatic rings. The van der Waals surface area contributed by atoms with Crippen molar-refractivity contribution >= 4 is 11.6 Å². The minimum atomic E-state index is -0.0719. The van der Waals surface area contributed by atoms with E-state index in [1.54, 1.807) is 0 Å². The van der Waals surface area contributed by atoms with E-state index in [2.05, 4.69) is 47.5 Å². The number of nitrogens with one attached hydrogen (secondary N) is 1. The van der Waals surface area contributed by atoms with E-state index in [0.717, 1.165) is 63.1 Å². The maximum absolute atomic E-state index is 11.6. The van der Waals surface area contributed by atoms with Crippen LogP contribution in [0.4, 0.5) is 5.69 Å². The van der Waals surface area contributed by atoms with Gasteiger partial charge < -0.3 is 15.8 Å². The van der Waals surface area contributed by atoms with E-state index in [4.69, 9.17) is 10.5 Å². The summed E-state index contributed by atoms with van der Waals surface area (Å²) in [6.07, 6.45) is 6.34. The Morgan fingerprint density at radius 3 is 2.84 bits per heavy atom. The van der Waals surface area contributed by atoms with Gasteiger partial charge in [-0.25, -0.2) is 0 Å². The van der Waals surface area contributed by atoms with Crippen molar-refractivity contribution < 1.29 is 9.53 Å². The van der Waals surface area contributed by atoms with Gasteiger partial charge in [-0.1, -0.05) is 43.7 Å². The molecule has 0 unspecified atom stereocenters. The van der Waals surface area contributed by atoms with E-state index in [1.165, 1.54) is 23.6 Å². The Hall–Kier alpha value is -2.37. The Morgan fingerprint density at radius 1 is 1.23 bits per heavy atom. The largest absolute Gasteiger partial charge is 0.484 e. The molecule has 1 aliphatic heterocycles. The molecule has 1 heterocycles. The molecule has 5 heteroatoms. The molecule has 3 atom stereocenters. The lowest BCUT2D eigenvalue weighted by Gasteiger charge is -2.43. The number of nitrogens with two attached hydrogens (primary N) is 1. The maximum Gasteiger partial charge on any atom is 0.221 e. The second-order valence-electron chi connectivity index (χ2n) is 8.99. The Labute approximate surface area is 186 Å². The number of aryl methyl sites for hydroxylation is 2. The van der Waals surface area contributed by atoms with Gasteiger partial charge in [0, 0.05) is 31.3 Å². The van der Waals surface area contributed by atoms with Gasteiger partial charge in [0.15, 0.2) is 0 Å². The minimum Gasteiger partial charge on any atom is -0.484 e. The molecule has 1 aliphatic carbocycles. The Bertz CT molecular complexity index is 913. The third-order valence-corrected chi connectivity index (χ3v) is 6.54. The monoisotopic (exact) mass is 421 g/mol. The summed E-state index contributed by atoms with van der Waals surface area (Å²) < 4.78 is 6.86. The van der Waals surface area contributed by atoms with Crippen molar-refractivity contribution in [2.24, 2.45) is 5.73 Å². The zero-order valence-corrected chi connectivity index (χ0v) is 18.8. The third kappa shape index (κ3) is 5.10. The van der Waals surface area contributed by atoms with E-state index < -0.39 is 0 Å². The van der Waals surface area contributed by atoms with Gasteiger partial charge in [0.25, 0.3) is 0 Å². The number of carbonyl (C=O) groups is 1. The highest BCUT2D eigenvalue weighted by atomic mass is 16.5.